The van der Waals surface area contributed by atoms with E-state index in [0.717, 1.165) is 0 Å². The van der Waals surface area contributed by atoms with Gasteiger partial charge in [0.25, 0.3) is 0 Å². The van der Waals surface area contributed by atoms with Gasteiger partial charge in [0.05, 0.1) is 22.7 Å². The van der Waals surface area contributed by atoms with Crippen LogP contribution >= 0.6 is 0 Å². The van der Waals surface area contributed by atoms with Crippen molar-refractivity contribution >= 4 is 28.5 Å². The summed E-state index contributed by atoms with van der Waals surface area (Å²) in [5.41, 5.74) is 31.3. The topological polar surface area (TPSA) is 154 Å². The Balaban J connectivity index is 3.76. The lowest BCUT2D eigenvalue weighted by Gasteiger charge is -2.21. The molecule has 6 heteroatoms. The van der Waals surface area contributed by atoms with E-state index in [1.807, 2.05) is 0 Å². The molecule has 0 saturated carbocycles. The third kappa shape index (κ3) is 1.63. The molecule has 0 aromatic heterocycles. The van der Waals surface area contributed by atoms with E-state index in [2.05, 4.69) is 0 Å². The zero-order valence-corrected chi connectivity index (χ0v) is 9.46. The SMILES string of the molecule is CC(=N)c1c(N)c(N)c(N)c(N)c1C(C)N. The van der Waals surface area contributed by atoms with Gasteiger partial charge in [0.2, 0.25) is 0 Å². The lowest BCUT2D eigenvalue weighted by atomic mass is 9.93. The molecule has 0 aliphatic heterocycles. The first-order valence-corrected chi connectivity index (χ1v) is 4.85. The van der Waals surface area contributed by atoms with Gasteiger partial charge in [-0.05, 0) is 13.8 Å². The quantitative estimate of drug-likeness (QED) is 0.316. The summed E-state index contributed by atoms with van der Waals surface area (Å²) in [4.78, 5) is 0. The van der Waals surface area contributed by atoms with Crippen LogP contribution in [0.5, 0.6) is 0 Å². The third-order valence-electron chi connectivity index (χ3n) is 2.53. The first kappa shape index (κ1) is 12.1. The first-order valence-electron chi connectivity index (χ1n) is 4.85. The predicted octanol–water partition coefficient (Wildman–Crippen LogP) is 0.423. The lowest BCUT2D eigenvalue weighted by molar-refractivity contribution is 0.820. The van der Waals surface area contributed by atoms with Crippen LogP contribution in [-0.4, -0.2) is 5.71 Å². The summed E-state index contributed by atoms with van der Waals surface area (Å²) in [6.45, 7) is 3.36. The van der Waals surface area contributed by atoms with E-state index in [1.54, 1.807) is 13.8 Å². The van der Waals surface area contributed by atoms with Crippen LogP contribution in [0.1, 0.15) is 31.0 Å². The number of nitrogens with one attached hydrogen (secondary N) is 1. The minimum atomic E-state index is -0.361. The van der Waals surface area contributed by atoms with Crippen molar-refractivity contribution in [3.63, 3.8) is 0 Å². The summed E-state index contributed by atoms with van der Waals surface area (Å²) >= 11 is 0. The molecule has 0 saturated heterocycles. The standard InChI is InChI=1S/C10H18N6/c1-3(11)5-6(4(2)12)8(14)10(16)9(15)7(5)13/h3,12H,11,13-16H2,1-2H3. The smallest absolute Gasteiger partial charge is 0.0809 e. The van der Waals surface area contributed by atoms with Crippen LogP contribution in [-0.2, 0) is 0 Å². The highest BCUT2D eigenvalue weighted by Crippen LogP contribution is 2.39. The Hall–Kier alpha value is -1.95. The second kappa shape index (κ2) is 3.90. The van der Waals surface area contributed by atoms with Gasteiger partial charge < -0.3 is 34.1 Å². The molecule has 1 atom stereocenters. The number of anilines is 4. The molecule has 1 aromatic rings. The van der Waals surface area contributed by atoms with Gasteiger partial charge in [-0.3, -0.25) is 0 Å². The van der Waals surface area contributed by atoms with Crippen molar-refractivity contribution in [3.05, 3.63) is 11.1 Å². The highest BCUT2D eigenvalue weighted by Gasteiger charge is 2.21. The molecule has 1 unspecified atom stereocenters. The van der Waals surface area contributed by atoms with Gasteiger partial charge in [0.1, 0.15) is 0 Å². The fourth-order valence-corrected chi connectivity index (χ4v) is 1.73. The maximum atomic E-state index is 7.69. The molecular weight excluding hydrogens is 204 g/mol. The molecule has 0 bridgehead atoms. The zero-order chi connectivity index (χ0) is 12.6. The molecule has 0 fully saturated rings. The number of nitrogens with two attached hydrogens (primary N) is 5. The normalized spacial score (nSPS) is 12.4. The molecular formula is C10H18N6. The maximum Gasteiger partial charge on any atom is 0.0809 e. The van der Waals surface area contributed by atoms with Crippen LogP contribution in [0.2, 0.25) is 0 Å². The zero-order valence-electron chi connectivity index (χ0n) is 9.46. The van der Waals surface area contributed by atoms with Crippen LogP contribution in [0.4, 0.5) is 22.7 Å². The minimum absolute atomic E-state index is 0.212. The fourth-order valence-electron chi connectivity index (χ4n) is 1.73. The highest BCUT2D eigenvalue weighted by molar-refractivity contribution is 6.09. The van der Waals surface area contributed by atoms with Crippen molar-refractivity contribution in [2.75, 3.05) is 22.9 Å². The van der Waals surface area contributed by atoms with E-state index in [1.165, 1.54) is 0 Å². The maximum absolute atomic E-state index is 7.69. The van der Waals surface area contributed by atoms with Gasteiger partial charge in [-0.25, -0.2) is 0 Å². The second-order valence-corrected chi connectivity index (χ2v) is 3.86. The van der Waals surface area contributed by atoms with Crippen LogP contribution < -0.4 is 28.7 Å². The molecule has 0 amide bonds. The van der Waals surface area contributed by atoms with E-state index < -0.39 is 0 Å². The molecule has 6 nitrogen and oxygen atoms in total. The Morgan fingerprint density at radius 2 is 1.44 bits per heavy atom. The lowest BCUT2D eigenvalue weighted by Crippen LogP contribution is -2.18. The molecule has 16 heavy (non-hydrogen) atoms. The number of hydrogen-bond donors (Lipinski definition) is 6. The monoisotopic (exact) mass is 222 g/mol. The first-order chi connectivity index (χ1) is 7.29. The summed E-state index contributed by atoms with van der Waals surface area (Å²) in [7, 11) is 0. The summed E-state index contributed by atoms with van der Waals surface area (Å²) in [5, 5.41) is 7.69. The fraction of sp³-hybridized carbons (Fsp3) is 0.300. The average molecular weight is 222 g/mol. The van der Waals surface area contributed by atoms with Gasteiger partial charge >= 0.3 is 0 Å². The van der Waals surface area contributed by atoms with Crippen molar-refractivity contribution in [3.8, 4) is 0 Å². The van der Waals surface area contributed by atoms with Crippen molar-refractivity contribution in [1.82, 2.24) is 0 Å². The number of nitrogen functional groups attached to an aromatic ring is 4. The van der Waals surface area contributed by atoms with E-state index >= 15 is 0 Å². The number of hydrogen-bond acceptors (Lipinski definition) is 6. The summed E-state index contributed by atoms with van der Waals surface area (Å²) < 4.78 is 0. The summed E-state index contributed by atoms with van der Waals surface area (Å²) in [5.74, 6) is 0. The Morgan fingerprint density at radius 3 is 1.81 bits per heavy atom. The summed E-state index contributed by atoms with van der Waals surface area (Å²) in [6.07, 6.45) is 0. The number of benzene rings is 1. The summed E-state index contributed by atoms with van der Waals surface area (Å²) in [6, 6.07) is -0.361. The molecule has 0 spiro atoms. The molecule has 0 radical (unpaired) electrons. The molecule has 1 aromatic carbocycles. The van der Waals surface area contributed by atoms with Crippen molar-refractivity contribution in [2.24, 2.45) is 5.73 Å². The van der Waals surface area contributed by atoms with E-state index in [0.29, 0.717) is 16.8 Å². The van der Waals surface area contributed by atoms with Gasteiger partial charge in [0, 0.05) is 22.9 Å². The van der Waals surface area contributed by atoms with E-state index in [4.69, 9.17) is 34.1 Å². The number of rotatable bonds is 2. The predicted molar refractivity (Wildman–Crippen MR) is 69.2 cm³/mol. The van der Waals surface area contributed by atoms with Gasteiger partial charge in [0.15, 0.2) is 0 Å². The Kier molecular flexibility index (Phi) is 2.95. The van der Waals surface area contributed by atoms with Crippen LogP contribution in [0.3, 0.4) is 0 Å². The Labute approximate surface area is 94.3 Å². The van der Waals surface area contributed by atoms with E-state index in [9.17, 15) is 0 Å². The third-order valence-corrected chi connectivity index (χ3v) is 2.53. The molecule has 1 rings (SSSR count). The minimum Gasteiger partial charge on any atom is -0.397 e. The molecule has 88 valence electrons. The van der Waals surface area contributed by atoms with Gasteiger partial charge in [-0.1, -0.05) is 0 Å². The van der Waals surface area contributed by atoms with Crippen molar-refractivity contribution in [2.45, 2.75) is 19.9 Å². The molecule has 0 aliphatic carbocycles. The average Bonchev–Trinajstić information content (AvgIpc) is 2.18. The van der Waals surface area contributed by atoms with Crippen LogP contribution in [0.15, 0.2) is 0 Å². The van der Waals surface area contributed by atoms with Gasteiger partial charge in [-0.15, -0.1) is 0 Å². The van der Waals surface area contributed by atoms with Crippen molar-refractivity contribution in [1.29, 1.82) is 5.41 Å². The van der Waals surface area contributed by atoms with Crippen molar-refractivity contribution < 1.29 is 0 Å². The molecule has 11 N–H and O–H groups in total. The Morgan fingerprint density at radius 1 is 1.00 bits per heavy atom. The molecule has 0 heterocycles. The Bertz CT molecular complexity index is 449. The van der Waals surface area contributed by atoms with Gasteiger partial charge in [-0.2, -0.15) is 0 Å². The second-order valence-electron chi connectivity index (χ2n) is 3.86. The van der Waals surface area contributed by atoms with Crippen LogP contribution in [0.25, 0.3) is 0 Å². The van der Waals surface area contributed by atoms with E-state index in [-0.39, 0.29) is 28.8 Å². The largest absolute Gasteiger partial charge is 0.397 e. The van der Waals surface area contributed by atoms with Crippen LogP contribution in [0, 0.1) is 5.41 Å². The molecule has 0 aliphatic rings. The highest BCUT2D eigenvalue weighted by atomic mass is 14.8.